The number of aromatic nitrogens is 2. The van der Waals surface area contributed by atoms with E-state index in [0.717, 1.165) is 16.8 Å². The highest BCUT2D eigenvalue weighted by atomic mass is 35.5. The second-order valence-electron chi connectivity index (χ2n) is 7.05. The summed E-state index contributed by atoms with van der Waals surface area (Å²) in [7, 11) is 0. The number of thioether (sulfide) groups is 1. The molecule has 0 bridgehead atoms. The number of para-hydroxylation sites is 2. The molecule has 0 unspecified atom stereocenters. The van der Waals surface area contributed by atoms with Gasteiger partial charge >= 0.3 is 0 Å². The fraction of sp³-hybridized carbons (Fsp3) is 0.125. The molecule has 1 N–H and O–H groups in total. The first-order valence-corrected chi connectivity index (χ1v) is 11.1. The summed E-state index contributed by atoms with van der Waals surface area (Å²) >= 11 is 7.55. The second kappa shape index (κ2) is 9.37. The highest BCUT2D eigenvalue weighted by Gasteiger charge is 2.15. The highest BCUT2D eigenvalue weighted by Crippen LogP contribution is 2.22. The van der Waals surface area contributed by atoms with Gasteiger partial charge in [-0.1, -0.05) is 71.9 Å². The van der Waals surface area contributed by atoms with Crippen molar-refractivity contribution < 1.29 is 4.79 Å². The molecule has 0 spiro atoms. The van der Waals surface area contributed by atoms with E-state index in [1.807, 2.05) is 61.5 Å². The number of nitrogens with zero attached hydrogens (tertiary/aromatic N) is 2. The van der Waals surface area contributed by atoms with E-state index in [4.69, 9.17) is 11.6 Å². The lowest BCUT2D eigenvalue weighted by molar-refractivity contribution is -0.113. The van der Waals surface area contributed by atoms with Gasteiger partial charge in [0.05, 0.1) is 23.2 Å². The maximum atomic E-state index is 13.2. The molecule has 31 heavy (non-hydrogen) atoms. The van der Waals surface area contributed by atoms with Crippen LogP contribution in [0.5, 0.6) is 0 Å². The molecule has 0 atom stereocenters. The summed E-state index contributed by atoms with van der Waals surface area (Å²) in [4.78, 5) is 30.4. The zero-order valence-electron chi connectivity index (χ0n) is 16.8. The first-order chi connectivity index (χ1) is 15.0. The van der Waals surface area contributed by atoms with Crippen molar-refractivity contribution in [3.05, 3.63) is 99.3 Å². The van der Waals surface area contributed by atoms with Gasteiger partial charge in [-0.3, -0.25) is 14.2 Å². The summed E-state index contributed by atoms with van der Waals surface area (Å²) < 4.78 is 1.58. The van der Waals surface area contributed by atoms with E-state index < -0.39 is 0 Å². The van der Waals surface area contributed by atoms with Crippen LogP contribution in [0.3, 0.4) is 0 Å². The van der Waals surface area contributed by atoms with Crippen LogP contribution in [-0.2, 0) is 11.3 Å². The van der Waals surface area contributed by atoms with Crippen LogP contribution in [0.15, 0.2) is 82.7 Å². The molecule has 0 aliphatic rings. The molecule has 5 nitrogen and oxygen atoms in total. The summed E-state index contributed by atoms with van der Waals surface area (Å²) in [5.41, 5.74) is 3.01. The van der Waals surface area contributed by atoms with Gasteiger partial charge in [0.25, 0.3) is 5.56 Å². The van der Waals surface area contributed by atoms with Crippen molar-refractivity contribution in [2.45, 2.75) is 18.6 Å². The highest BCUT2D eigenvalue weighted by molar-refractivity contribution is 7.99. The Morgan fingerprint density at radius 1 is 1.03 bits per heavy atom. The lowest BCUT2D eigenvalue weighted by Gasteiger charge is -2.14. The predicted molar refractivity (Wildman–Crippen MR) is 127 cm³/mol. The fourth-order valence-electron chi connectivity index (χ4n) is 3.22. The lowest BCUT2D eigenvalue weighted by atomic mass is 10.2. The third-order valence-corrected chi connectivity index (χ3v) is 6.21. The van der Waals surface area contributed by atoms with Gasteiger partial charge in [0, 0.05) is 10.7 Å². The normalized spacial score (nSPS) is 10.9. The van der Waals surface area contributed by atoms with Gasteiger partial charge in [-0.15, -0.1) is 0 Å². The standard InChI is InChI=1S/C24H20ClN3O2S/c1-16-8-2-6-12-20(16)26-22(29)15-31-24-27-21-13-7-4-10-18(21)23(30)28(24)14-17-9-3-5-11-19(17)25/h2-13H,14-15H2,1H3,(H,26,29). The molecule has 3 aromatic carbocycles. The first kappa shape index (κ1) is 21.2. The van der Waals surface area contributed by atoms with Gasteiger partial charge in [0.1, 0.15) is 0 Å². The summed E-state index contributed by atoms with van der Waals surface area (Å²) in [6.07, 6.45) is 0. The van der Waals surface area contributed by atoms with Crippen molar-refractivity contribution >= 4 is 45.9 Å². The van der Waals surface area contributed by atoms with Gasteiger partial charge in [-0.25, -0.2) is 4.98 Å². The Morgan fingerprint density at radius 3 is 2.55 bits per heavy atom. The molecule has 0 radical (unpaired) electrons. The number of nitrogens with one attached hydrogen (secondary N) is 1. The molecular weight excluding hydrogens is 430 g/mol. The summed E-state index contributed by atoms with van der Waals surface area (Å²) in [5.74, 6) is -0.0345. The van der Waals surface area contributed by atoms with Gasteiger partial charge in [0.2, 0.25) is 5.91 Å². The van der Waals surface area contributed by atoms with Crippen LogP contribution in [0.2, 0.25) is 5.02 Å². The minimum Gasteiger partial charge on any atom is -0.325 e. The number of carbonyl (C=O) groups is 1. The van der Waals surface area contributed by atoms with Crippen molar-refractivity contribution in [3.8, 4) is 0 Å². The Labute approximate surface area is 189 Å². The lowest BCUT2D eigenvalue weighted by Crippen LogP contribution is -2.25. The van der Waals surface area contributed by atoms with Crippen molar-refractivity contribution in [2.24, 2.45) is 0 Å². The predicted octanol–water partition coefficient (Wildman–Crippen LogP) is 5.14. The molecule has 0 aliphatic carbocycles. The molecule has 1 heterocycles. The SMILES string of the molecule is Cc1ccccc1NC(=O)CSc1nc2ccccc2c(=O)n1Cc1ccccc1Cl. The Kier molecular flexibility index (Phi) is 6.39. The van der Waals surface area contributed by atoms with Crippen LogP contribution in [0, 0.1) is 6.92 Å². The zero-order chi connectivity index (χ0) is 21.8. The maximum Gasteiger partial charge on any atom is 0.262 e. The first-order valence-electron chi connectivity index (χ1n) is 9.74. The molecule has 156 valence electrons. The molecular formula is C24H20ClN3O2S. The van der Waals surface area contributed by atoms with Gasteiger partial charge in [0.15, 0.2) is 5.16 Å². The topological polar surface area (TPSA) is 64.0 Å². The quantitative estimate of drug-likeness (QED) is 0.327. The van der Waals surface area contributed by atoms with Crippen LogP contribution < -0.4 is 10.9 Å². The largest absolute Gasteiger partial charge is 0.325 e. The number of amides is 1. The number of aryl methyl sites for hydroxylation is 1. The second-order valence-corrected chi connectivity index (χ2v) is 8.40. The molecule has 0 aliphatic heterocycles. The molecule has 4 aromatic rings. The third kappa shape index (κ3) is 4.81. The number of halogens is 1. The number of benzene rings is 3. The molecule has 4 rings (SSSR count). The Hall–Kier alpha value is -3.09. The Morgan fingerprint density at radius 2 is 1.74 bits per heavy atom. The number of fused-ring (bicyclic) bond motifs is 1. The van der Waals surface area contributed by atoms with E-state index in [9.17, 15) is 9.59 Å². The fourth-order valence-corrected chi connectivity index (χ4v) is 4.22. The van der Waals surface area contributed by atoms with Gasteiger partial charge < -0.3 is 5.32 Å². The Bertz CT molecular complexity index is 1320. The molecule has 0 saturated heterocycles. The minimum absolute atomic E-state index is 0.127. The van der Waals surface area contributed by atoms with Crippen molar-refractivity contribution in [1.29, 1.82) is 0 Å². The van der Waals surface area contributed by atoms with Crippen LogP contribution in [0.1, 0.15) is 11.1 Å². The van der Waals surface area contributed by atoms with Crippen LogP contribution >= 0.6 is 23.4 Å². The van der Waals surface area contributed by atoms with Gasteiger partial charge in [-0.2, -0.15) is 0 Å². The smallest absolute Gasteiger partial charge is 0.262 e. The van der Waals surface area contributed by atoms with Crippen molar-refractivity contribution in [3.63, 3.8) is 0 Å². The van der Waals surface area contributed by atoms with E-state index in [0.29, 0.717) is 21.1 Å². The molecule has 0 saturated carbocycles. The van der Waals surface area contributed by atoms with E-state index >= 15 is 0 Å². The molecule has 1 aromatic heterocycles. The monoisotopic (exact) mass is 449 g/mol. The molecule has 0 fully saturated rings. The van der Waals surface area contributed by atoms with Crippen molar-refractivity contribution in [2.75, 3.05) is 11.1 Å². The number of rotatable bonds is 6. The zero-order valence-corrected chi connectivity index (χ0v) is 18.4. The summed E-state index contributed by atoms with van der Waals surface area (Å²) in [6.45, 7) is 2.22. The summed E-state index contributed by atoms with van der Waals surface area (Å²) in [5, 5.41) is 4.50. The van der Waals surface area contributed by atoms with E-state index in [1.165, 1.54) is 11.8 Å². The van der Waals surface area contributed by atoms with Crippen LogP contribution in [0.4, 0.5) is 5.69 Å². The van der Waals surface area contributed by atoms with Crippen molar-refractivity contribution in [1.82, 2.24) is 9.55 Å². The van der Waals surface area contributed by atoms with Crippen LogP contribution in [0.25, 0.3) is 10.9 Å². The Balaban J connectivity index is 1.64. The average Bonchev–Trinajstić information content (AvgIpc) is 2.77. The minimum atomic E-state index is -0.161. The number of hydrogen-bond acceptors (Lipinski definition) is 4. The van der Waals surface area contributed by atoms with Gasteiger partial charge in [-0.05, 0) is 42.3 Å². The van der Waals surface area contributed by atoms with Crippen LogP contribution in [-0.4, -0.2) is 21.2 Å². The van der Waals surface area contributed by atoms with E-state index in [2.05, 4.69) is 10.3 Å². The number of carbonyl (C=O) groups excluding carboxylic acids is 1. The van der Waals surface area contributed by atoms with E-state index in [1.54, 1.807) is 22.8 Å². The number of hydrogen-bond donors (Lipinski definition) is 1. The molecule has 1 amide bonds. The number of anilines is 1. The average molecular weight is 450 g/mol. The summed E-state index contributed by atoms with van der Waals surface area (Å²) in [6, 6.07) is 22.2. The molecule has 7 heteroatoms. The van der Waals surface area contributed by atoms with E-state index in [-0.39, 0.29) is 23.8 Å². The third-order valence-electron chi connectivity index (χ3n) is 4.86. The maximum absolute atomic E-state index is 13.2.